The first kappa shape index (κ1) is 26.8. The number of anilines is 2. The quantitative estimate of drug-likeness (QED) is 0.294. The van der Waals surface area contributed by atoms with Gasteiger partial charge in [0, 0.05) is 35.5 Å². The SMILES string of the molecule is COc1cc2nccc(Oc3cc(F)c(NC(=O)C4(C(=O)Nc5ccc(F)cc5)COC4)cc3F)c2cc1OC. The lowest BCUT2D eigenvalue weighted by Crippen LogP contribution is -2.59. The fraction of sp³-hybridized carbons (Fsp3) is 0.179. The molecule has 1 fully saturated rings. The van der Waals surface area contributed by atoms with Crippen molar-refractivity contribution in [3.63, 3.8) is 0 Å². The third-order valence-electron chi connectivity index (χ3n) is 6.36. The van der Waals surface area contributed by atoms with Gasteiger partial charge in [0.2, 0.25) is 11.8 Å². The molecular weight excluding hydrogens is 531 g/mol. The molecule has 1 aliphatic heterocycles. The monoisotopic (exact) mass is 553 g/mol. The molecule has 0 aliphatic carbocycles. The van der Waals surface area contributed by atoms with Gasteiger partial charge in [0.15, 0.2) is 34.3 Å². The molecule has 12 heteroatoms. The summed E-state index contributed by atoms with van der Waals surface area (Å²) in [6.07, 6.45) is 1.43. The van der Waals surface area contributed by atoms with Crippen molar-refractivity contribution in [1.29, 1.82) is 0 Å². The first-order chi connectivity index (χ1) is 19.2. The van der Waals surface area contributed by atoms with Crippen molar-refractivity contribution in [2.45, 2.75) is 0 Å². The minimum Gasteiger partial charge on any atom is -0.493 e. The summed E-state index contributed by atoms with van der Waals surface area (Å²) in [6.45, 7) is -0.555. The van der Waals surface area contributed by atoms with Crippen molar-refractivity contribution in [1.82, 2.24) is 4.98 Å². The average molecular weight is 553 g/mol. The summed E-state index contributed by atoms with van der Waals surface area (Å²) in [5.41, 5.74) is -1.47. The first-order valence-corrected chi connectivity index (χ1v) is 11.9. The molecule has 0 spiro atoms. The van der Waals surface area contributed by atoms with E-state index in [0.29, 0.717) is 22.4 Å². The number of nitrogens with zero attached hydrogens (tertiary/aromatic N) is 1. The Bertz CT molecular complexity index is 1610. The summed E-state index contributed by atoms with van der Waals surface area (Å²) in [4.78, 5) is 30.2. The number of carbonyl (C=O) groups is 2. The fourth-order valence-corrected chi connectivity index (χ4v) is 4.05. The van der Waals surface area contributed by atoms with E-state index in [4.69, 9.17) is 18.9 Å². The number of hydrogen-bond donors (Lipinski definition) is 2. The molecule has 3 aromatic carbocycles. The zero-order valence-electron chi connectivity index (χ0n) is 21.2. The number of methoxy groups -OCH3 is 2. The van der Waals surface area contributed by atoms with Crippen molar-refractivity contribution in [3.8, 4) is 23.0 Å². The minimum absolute atomic E-state index is 0.170. The van der Waals surface area contributed by atoms with E-state index in [9.17, 15) is 14.0 Å². The van der Waals surface area contributed by atoms with E-state index < -0.39 is 46.1 Å². The zero-order chi connectivity index (χ0) is 28.4. The van der Waals surface area contributed by atoms with Gasteiger partial charge in [-0.3, -0.25) is 14.6 Å². The smallest absolute Gasteiger partial charge is 0.244 e. The fourth-order valence-electron chi connectivity index (χ4n) is 4.05. The average Bonchev–Trinajstić information content (AvgIpc) is 2.91. The Balaban J connectivity index is 1.36. The number of amides is 2. The Kier molecular flexibility index (Phi) is 7.18. The molecule has 4 aromatic rings. The number of aromatic nitrogens is 1. The maximum atomic E-state index is 15.1. The summed E-state index contributed by atoms with van der Waals surface area (Å²) in [7, 11) is 2.93. The highest BCUT2D eigenvalue weighted by atomic mass is 19.1. The van der Waals surface area contributed by atoms with Gasteiger partial charge in [-0.1, -0.05) is 0 Å². The van der Waals surface area contributed by atoms with Crippen LogP contribution < -0.4 is 24.8 Å². The summed E-state index contributed by atoms with van der Waals surface area (Å²) in [5.74, 6) is -3.58. The van der Waals surface area contributed by atoms with E-state index in [1.165, 1.54) is 38.6 Å². The minimum atomic E-state index is -1.69. The van der Waals surface area contributed by atoms with Crippen LogP contribution in [0.15, 0.2) is 60.8 Å². The number of carbonyl (C=O) groups excluding carboxylic acids is 2. The summed E-state index contributed by atoms with van der Waals surface area (Å²) >= 11 is 0. The molecule has 0 atom stereocenters. The number of ether oxygens (including phenoxy) is 4. The maximum Gasteiger partial charge on any atom is 0.244 e. The van der Waals surface area contributed by atoms with Gasteiger partial charge in [0.25, 0.3) is 0 Å². The molecule has 0 radical (unpaired) electrons. The van der Waals surface area contributed by atoms with Crippen molar-refractivity contribution < 1.29 is 41.7 Å². The highest BCUT2D eigenvalue weighted by Crippen LogP contribution is 2.38. The number of nitrogens with one attached hydrogen (secondary N) is 2. The van der Waals surface area contributed by atoms with Crippen molar-refractivity contribution >= 4 is 34.1 Å². The molecule has 1 aliphatic rings. The van der Waals surface area contributed by atoms with Crippen molar-refractivity contribution in [2.24, 2.45) is 5.41 Å². The van der Waals surface area contributed by atoms with Crippen LogP contribution in [0.25, 0.3) is 10.9 Å². The zero-order valence-corrected chi connectivity index (χ0v) is 21.2. The van der Waals surface area contributed by atoms with Crippen LogP contribution in [0.5, 0.6) is 23.0 Å². The van der Waals surface area contributed by atoms with Crippen LogP contribution >= 0.6 is 0 Å². The summed E-state index contributed by atoms with van der Waals surface area (Å²) < 4.78 is 64.6. The first-order valence-electron chi connectivity index (χ1n) is 11.9. The van der Waals surface area contributed by atoms with Crippen LogP contribution in [0.1, 0.15) is 0 Å². The van der Waals surface area contributed by atoms with Gasteiger partial charge in [-0.05, 0) is 36.4 Å². The molecule has 206 valence electrons. The second-order valence-corrected chi connectivity index (χ2v) is 8.89. The maximum absolute atomic E-state index is 15.1. The number of rotatable bonds is 8. The lowest BCUT2D eigenvalue weighted by molar-refractivity contribution is -0.166. The number of pyridine rings is 1. The second kappa shape index (κ2) is 10.7. The third-order valence-corrected chi connectivity index (χ3v) is 6.36. The Hall–Kier alpha value is -4.84. The molecule has 1 aromatic heterocycles. The van der Waals surface area contributed by atoms with Crippen LogP contribution in [0, 0.1) is 22.9 Å². The standard InChI is InChI=1S/C28H22F3N3O6/c1-37-24-9-17-20(12-25(24)38-2)32-8-7-22(17)40-23-11-18(30)21(10-19(23)31)34-27(36)28(13-39-14-28)26(35)33-16-5-3-15(29)4-6-16/h3-12H,13-14H2,1-2H3,(H,33,35)(H,34,36). The second-order valence-electron chi connectivity index (χ2n) is 8.89. The van der Waals surface area contributed by atoms with Gasteiger partial charge in [0.05, 0.1) is 38.6 Å². The van der Waals surface area contributed by atoms with E-state index in [1.54, 1.807) is 12.1 Å². The molecule has 2 N–H and O–H groups in total. The highest BCUT2D eigenvalue weighted by molar-refractivity contribution is 6.15. The Morgan fingerprint density at radius 3 is 2.15 bits per heavy atom. The molecule has 0 unspecified atom stereocenters. The molecule has 9 nitrogen and oxygen atoms in total. The van der Waals surface area contributed by atoms with Crippen LogP contribution in [-0.4, -0.2) is 44.2 Å². The molecule has 2 amide bonds. The van der Waals surface area contributed by atoms with Gasteiger partial charge in [0.1, 0.15) is 11.6 Å². The van der Waals surface area contributed by atoms with Gasteiger partial charge in [-0.25, -0.2) is 13.2 Å². The van der Waals surface area contributed by atoms with Crippen molar-refractivity contribution in [3.05, 3.63) is 78.2 Å². The Morgan fingerprint density at radius 2 is 1.50 bits per heavy atom. The topological polar surface area (TPSA) is 108 Å². The van der Waals surface area contributed by atoms with E-state index in [-0.39, 0.29) is 24.7 Å². The van der Waals surface area contributed by atoms with E-state index in [1.807, 2.05) is 0 Å². The van der Waals surface area contributed by atoms with E-state index in [0.717, 1.165) is 24.3 Å². The number of fused-ring (bicyclic) bond motifs is 1. The van der Waals surface area contributed by atoms with Crippen molar-refractivity contribution in [2.75, 3.05) is 38.1 Å². The molecule has 0 saturated carbocycles. The largest absolute Gasteiger partial charge is 0.493 e. The van der Waals surface area contributed by atoms with Crippen LogP contribution in [0.3, 0.4) is 0 Å². The Labute approximate surface area is 225 Å². The lowest BCUT2D eigenvalue weighted by atomic mass is 9.83. The molecular formula is C28H22F3N3O6. The number of hydrogen-bond acceptors (Lipinski definition) is 7. The van der Waals surface area contributed by atoms with Gasteiger partial charge < -0.3 is 29.6 Å². The Morgan fingerprint density at radius 1 is 0.825 bits per heavy atom. The molecule has 2 heterocycles. The predicted octanol–water partition coefficient (Wildman–Crippen LogP) is 5.06. The number of halogens is 3. The van der Waals surface area contributed by atoms with Gasteiger partial charge in [-0.2, -0.15) is 0 Å². The third kappa shape index (κ3) is 4.96. The highest BCUT2D eigenvalue weighted by Gasteiger charge is 2.53. The molecule has 0 bridgehead atoms. The molecule has 5 rings (SSSR count). The lowest BCUT2D eigenvalue weighted by Gasteiger charge is -2.38. The van der Waals surface area contributed by atoms with Gasteiger partial charge >= 0.3 is 0 Å². The van der Waals surface area contributed by atoms with E-state index in [2.05, 4.69) is 15.6 Å². The van der Waals surface area contributed by atoms with Gasteiger partial charge in [-0.15, -0.1) is 0 Å². The predicted molar refractivity (Wildman–Crippen MR) is 138 cm³/mol. The molecule has 1 saturated heterocycles. The van der Waals surface area contributed by atoms with Crippen LogP contribution in [0.4, 0.5) is 24.5 Å². The normalized spacial score (nSPS) is 13.7. The summed E-state index contributed by atoms with van der Waals surface area (Å²) in [6, 6.07) is 11.1. The van der Waals surface area contributed by atoms with E-state index >= 15 is 8.78 Å². The summed E-state index contributed by atoms with van der Waals surface area (Å²) in [5, 5.41) is 5.24. The van der Waals surface area contributed by atoms with Crippen LogP contribution in [0.2, 0.25) is 0 Å². The number of benzene rings is 3. The molecule has 40 heavy (non-hydrogen) atoms. The van der Waals surface area contributed by atoms with Crippen LogP contribution in [-0.2, 0) is 14.3 Å².